The number of tetrazole rings is 1. The van der Waals surface area contributed by atoms with E-state index in [1.54, 1.807) is 0 Å². The first-order chi connectivity index (χ1) is 6.27. The molecule has 0 aliphatic carbocycles. The zero-order valence-electron chi connectivity index (χ0n) is 6.95. The van der Waals surface area contributed by atoms with Gasteiger partial charge in [0.15, 0.2) is 5.82 Å². The van der Waals surface area contributed by atoms with E-state index in [4.69, 9.17) is 11.6 Å². The van der Waals surface area contributed by atoms with Crippen molar-refractivity contribution in [3.8, 4) is 11.4 Å². The number of benzene rings is 1. The largest absolute Gasteiger partial charge is 0.239 e. The van der Waals surface area contributed by atoms with Crippen LogP contribution in [-0.4, -0.2) is 20.6 Å². The predicted molar refractivity (Wildman–Crippen MR) is 49.4 cm³/mol. The van der Waals surface area contributed by atoms with Crippen LogP contribution < -0.4 is 0 Å². The molecule has 0 unspecified atom stereocenters. The molecule has 1 heterocycles. The van der Waals surface area contributed by atoms with Crippen molar-refractivity contribution in [3.63, 3.8) is 0 Å². The van der Waals surface area contributed by atoms with E-state index < -0.39 is 0 Å². The van der Waals surface area contributed by atoms with Crippen LogP contribution in [-0.2, 0) is 0 Å². The fourth-order valence-electron chi connectivity index (χ4n) is 1.02. The van der Waals surface area contributed by atoms with E-state index in [-0.39, 0.29) is 0 Å². The van der Waals surface area contributed by atoms with Crippen LogP contribution in [0.4, 0.5) is 0 Å². The molecule has 0 aliphatic rings. The number of aryl methyl sites for hydroxylation is 1. The van der Waals surface area contributed by atoms with Crippen molar-refractivity contribution in [2.24, 2.45) is 0 Å². The van der Waals surface area contributed by atoms with Crippen LogP contribution in [0.2, 0.25) is 5.02 Å². The van der Waals surface area contributed by atoms with E-state index >= 15 is 0 Å². The van der Waals surface area contributed by atoms with E-state index in [1.807, 2.05) is 25.1 Å². The van der Waals surface area contributed by atoms with Crippen LogP contribution in [0, 0.1) is 6.92 Å². The van der Waals surface area contributed by atoms with Crippen LogP contribution in [0.5, 0.6) is 0 Å². The van der Waals surface area contributed by atoms with Gasteiger partial charge in [0.05, 0.1) is 0 Å². The Kier molecular flexibility index (Phi) is 1.98. The third-order valence-corrected chi connectivity index (χ3v) is 2.20. The van der Waals surface area contributed by atoms with Crippen LogP contribution >= 0.6 is 11.6 Å². The maximum atomic E-state index is 5.95. The van der Waals surface area contributed by atoms with Crippen molar-refractivity contribution in [2.45, 2.75) is 6.92 Å². The number of hydrogen-bond acceptors (Lipinski definition) is 3. The molecule has 0 atom stereocenters. The van der Waals surface area contributed by atoms with Gasteiger partial charge >= 0.3 is 0 Å². The molecular weight excluding hydrogens is 188 g/mol. The summed E-state index contributed by atoms with van der Waals surface area (Å²) in [7, 11) is 0. The summed E-state index contributed by atoms with van der Waals surface area (Å²) in [6, 6.07) is 5.68. The Morgan fingerprint density at radius 2 is 2.23 bits per heavy atom. The lowest BCUT2D eigenvalue weighted by molar-refractivity contribution is 0.881. The summed E-state index contributed by atoms with van der Waals surface area (Å²) in [5.74, 6) is 0.627. The lowest BCUT2D eigenvalue weighted by atomic mass is 10.1. The van der Waals surface area contributed by atoms with Crippen molar-refractivity contribution in [1.82, 2.24) is 20.6 Å². The third kappa shape index (κ3) is 1.53. The topological polar surface area (TPSA) is 54.5 Å². The Balaban J connectivity index is 2.49. The van der Waals surface area contributed by atoms with E-state index in [1.165, 1.54) is 0 Å². The normalized spacial score (nSPS) is 10.3. The highest BCUT2D eigenvalue weighted by atomic mass is 35.5. The van der Waals surface area contributed by atoms with Crippen LogP contribution in [0.25, 0.3) is 11.4 Å². The molecule has 0 spiro atoms. The standard InChI is InChI=1S/C8H7ClN4/c1-5-2-3-6(4-7(5)9)8-10-12-13-11-8/h2-4H,1H3,(H,10,11,12,13). The first-order valence-electron chi connectivity index (χ1n) is 3.77. The Hall–Kier alpha value is -1.42. The van der Waals surface area contributed by atoms with Gasteiger partial charge in [0.1, 0.15) is 0 Å². The number of nitrogens with zero attached hydrogens (tertiary/aromatic N) is 3. The summed E-state index contributed by atoms with van der Waals surface area (Å²) in [6.45, 7) is 1.95. The number of H-pyrrole nitrogens is 1. The molecule has 1 N–H and O–H groups in total. The minimum absolute atomic E-state index is 0.627. The Labute approximate surface area is 79.9 Å². The van der Waals surface area contributed by atoms with Gasteiger partial charge in [-0.2, -0.15) is 0 Å². The van der Waals surface area contributed by atoms with E-state index in [0.717, 1.165) is 11.1 Å². The van der Waals surface area contributed by atoms with Gasteiger partial charge in [-0.05, 0) is 29.0 Å². The van der Waals surface area contributed by atoms with Gasteiger partial charge < -0.3 is 0 Å². The number of aromatic nitrogens is 4. The number of nitrogens with one attached hydrogen (secondary N) is 1. The lowest BCUT2D eigenvalue weighted by Gasteiger charge is -1.99. The molecule has 0 amide bonds. The van der Waals surface area contributed by atoms with Crippen molar-refractivity contribution >= 4 is 11.6 Å². The SMILES string of the molecule is Cc1ccc(-c2nnn[nH]2)cc1Cl. The Bertz CT molecular complexity index is 410. The highest BCUT2D eigenvalue weighted by molar-refractivity contribution is 6.31. The van der Waals surface area contributed by atoms with Crippen molar-refractivity contribution < 1.29 is 0 Å². The van der Waals surface area contributed by atoms with Gasteiger partial charge in [0, 0.05) is 10.6 Å². The first kappa shape index (κ1) is 8.19. The van der Waals surface area contributed by atoms with Crippen molar-refractivity contribution in [2.75, 3.05) is 0 Å². The summed E-state index contributed by atoms with van der Waals surface area (Å²) in [4.78, 5) is 0. The molecule has 2 rings (SSSR count). The summed E-state index contributed by atoms with van der Waals surface area (Å²) >= 11 is 5.95. The van der Waals surface area contributed by atoms with Gasteiger partial charge in [-0.1, -0.05) is 23.7 Å². The summed E-state index contributed by atoms with van der Waals surface area (Å²) < 4.78 is 0. The van der Waals surface area contributed by atoms with Gasteiger partial charge in [0.25, 0.3) is 0 Å². The maximum Gasteiger partial charge on any atom is 0.179 e. The average molecular weight is 195 g/mol. The van der Waals surface area contributed by atoms with Gasteiger partial charge in [0.2, 0.25) is 0 Å². The van der Waals surface area contributed by atoms with Crippen molar-refractivity contribution in [1.29, 1.82) is 0 Å². The Morgan fingerprint density at radius 1 is 1.38 bits per heavy atom. The molecule has 0 fully saturated rings. The number of aromatic amines is 1. The van der Waals surface area contributed by atoms with E-state index in [2.05, 4.69) is 20.6 Å². The quantitative estimate of drug-likeness (QED) is 0.754. The molecule has 2 aromatic rings. The van der Waals surface area contributed by atoms with Gasteiger partial charge in [-0.15, -0.1) is 5.10 Å². The van der Waals surface area contributed by atoms with Crippen LogP contribution in [0.15, 0.2) is 18.2 Å². The van der Waals surface area contributed by atoms with E-state index in [9.17, 15) is 0 Å². The van der Waals surface area contributed by atoms with Crippen LogP contribution in [0.1, 0.15) is 5.56 Å². The fraction of sp³-hybridized carbons (Fsp3) is 0.125. The summed E-state index contributed by atoms with van der Waals surface area (Å²) in [5.41, 5.74) is 1.93. The second kappa shape index (κ2) is 3.14. The molecule has 5 heteroatoms. The molecule has 1 aromatic heterocycles. The lowest BCUT2D eigenvalue weighted by Crippen LogP contribution is -1.82. The second-order valence-electron chi connectivity index (χ2n) is 2.71. The number of hydrogen-bond donors (Lipinski definition) is 1. The molecule has 0 aliphatic heterocycles. The zero-order chi connectivity index (χ0) is 9.26. The smallest absolute Gasteiger partial charge is 0.179 e. The molecule has 0 radical (unpaired) electrons. The molecule has 0 bridgehead atoms. The summed E-state index contributed by atoms with van der Waals surface area (Å²) in [6.07, 6.45) is 0. The van der Waals surface area contributed by atoms with Gasteiger partial charge in [-0.25, -0.2) is 5.10 Å². The van der Waals surface area contributed by atoms with Gasteiger partial charge in [-0.3, -0.25) is 0 Å². The fourth-order valence-corrected chi connectivity index (χ4v) is 1.20. The number of halogens is 1. The molecule has 66 valence electrons. The Morgan fingerprint density at radius 3 is 2.85 bits per heavy atom. The minimum atomic E-state index is 0.627. The highest BCUT2D eigenvalue weighted by Crippen LogP contribution is 2.21. The first-order valence-corrected chi connectivity index (χ1v) is 4.15. The third-order valence-electron chi connectivity index (χ3n) is 1.79. The zero-order valence-corrected chi connectivity index (χ0v) is 7.71. The molecular formula is C8H7ClN4. The predicted octanol–water partition coefficient (Wildman–Crippen LogP) is 1.83. The molecule has 0 saturated carbocycles. The molecule has 13 heavy (non-hydrogen) atoms. The molecule has 4 nitrogen and oxygen atoms in total. The average Bonchev–Trinajstić information content (AvgIpc) is 2.62. The van der Waals surface area contributed by atoms with Crippen molar-refractivity contribution in [3.05, 3.63) is 28.8 Å². The molecule has 0 saturated heterocycles. The maximum absolute atomic E-state index is 5.95. The summed E-state index contributed by atoms with van der Waals surface area (Å²) in [5, 5.41) is 14.1. The molecule has 1 aromatic carbocycles. The highest BCUT2D eigenvalue weighted by Gasteiger charge is 2.03. The van der Waals surface area contributed by atoms with Crippen LogP contribution in [0.3, 0.4) is 0 Å². The minimum Gasteiger partial charge on any atom is -0.239 e. The monoisotopic (exact) mass is 194 g/mol. The number of rotatable bonds is 1. The van der Waals surface area contributed by atoms with E-state index in [0.29, 0.717) is 10.8 Å². The second-order valence-corrected chi connectivity index (χ2v) is 3.12.